The summed E-state index contributed by atoms with van der Waals surface area (Å²) in [7, 11) is 0. The lowest BCUT2D eigenvalue weighted by Crippen LogP contribution is -2.32. The molecule has 0 aliphatic rings. The first-order valence-electron chi connectivity index (χ1n) is 4.04. The highest BCUT2D eigenvalue weighted by molar-refractivity contribution is 5.74. The number of amides is 2. The number of nitrogens with one attached hydrogen (secondary N) is 2. The number of allylic oxidation sites excluding steroid dienone is 1. The maximum atomic E-state index is 10.8. The van der Waals surface area contributed by atoms with Gasteiger partial charge in [0.2, 0.25) is 0 Å². The molecule has 0 bridgehead atoms. The monoisotopic (exact) mass is 186 g/mol. The van der Waals surface area contributed by atoms with E-state index in [0.717, 1.165) is 0 Å². The lowest BCUT2D eigenvalue weighted by molar-refractivity contribution is -0.137. The van der Waals surface area contributed by atoms with Crippen molar-refractivity contribution in [2.24, 2.45) is 0 Å². The molecular formula is C8H14N2O3. The van der Waals surface area contributed by atoms with Crippen molar-refractivity contribution in [2.75, 3.05) is 6.54 Å². The molecule has 0 atom stereocenters. The van der Waals surface area contributed by atoms with Crippen molar-refractivity contribution in [2.45, 2.75) is 19.8 Å². The van der Waals surface area contributed by atoms with E-state index in [1.807, 2.05) is 0 Å². The Morgan fingerprint density at radius 2 is 2.15 bits per heavy atom. The average molecular weight is 186 g/mol. The molecule has 0 unspecified atom stereocenters. The van der Waals surface area contributed by atoms with Crippen molar-refractivity contribution in [1.29, 1.82) is 0 Å². The molecule has 0 aliphatic carbocycles. The highest BCUT2D eigenvalue weighted by Gasteiger charge is 1.98. The third-order valence-corrected chi connectivity index (χ3v) is 1.23. The van der Waals surface area contributed by atoms with Gasteiger partial charge in [0.05, 0.1) is 0 Å². The summed E-state index contributed by atoms with van der Waals surface area (Å²) < 4.78 is 0. The second-order valence-electron chi connectivity index (χ2n) is 2.40. The number of urea groups is 1. The summed E-state index contributed by atoms with van der Waals surface area (Å²) in [6.45, 7) is 2.15. The van der Waals surface area contributed by atoms with Gasteiger partial charge in [0.1, 0.15) is 0 Å². The number of hydrogen-bond acceptors (Lipinski definition) is 2. The van der Waals surface area contributed by atoms with Crippen molar-refractivity contribution in [3.05, 3.63) is 12.3 Å². The molecule has 2 amide bonds. The summed E-state index contributed by atoms with van der Waals surface area (Å²) >= 11 is 0. The Balaban J connectivity index is 3.32. The minimum Gasteiger partial charge on any atom is -0.481 e. The van der Waals surface area contributed by atoms with Crippen LogP contribution in [0.2, 0.25) is 0 Å². The number of hydrogen-bond donors (Lipinski definition) is 3. The molecule has 5 heteroatoms. The Kier molecular flexibility index (Phi) is 6.31. The van der Waals surface area contributed by atoms with E-state index >= 15 is 0 Å². The number of carbonyl (C=O) groups is 2. The lowest BCUT2D eigenvalue weighted by atomic mass is 10.3. The maximum Gasteiger partial charge on any atom is 0.318 e. The summed E-state index contributed by atoms with van der Waals surface area (Å²) in [6.07, 6.45) is 3.71. The van der Waals surface area contributed by atoms with E-state index in [-0.39, 0.29) is 12.5 Å². The third-order valence-electron chi connectivity index (χ3n) is 1.23. The van der Waals surface area contributed by atoms with Gasteiger partial charge in [0.25, 0.3) is 0 Å². The molecule has 5 nitrogen and oxygen atoms in total. The zero-order valence-corrected chi connectivity index (χ0v) is 7.54. The number of aliphatic carboxylic acids is 1. The first-order valence-corrected chi connectivity index (χ1v) is 4.04. The van der Waals surface area contributed by atoms with E-state index in [1.54, 1.807) is 13.0 Å². The van der Waals surface area contributed by atoms with Gasteiger partial charge >= 0.3 is 12.0 Å². The number of carbonyl (C=O) groups excluding carboxylic acids is 1. The highest BCUT2D eigenvalue weighted by Crippen LogP contribution is 1.85. The molecule has 0 aromatic carbocycles. The minimum atomic E-state index is -0.851. The van der Waals surface area contributed by atoms with Gasteiger partial charge in [0, 0.05) is 19.2 Å². The summed E-state index contributed by atoms with van der Waals surface area (Å²) in [5.74, 6) is -0.851. The minimum absolute atomic E-state index is 0.0733. The molecule has 0 saturated heterocycles. The van der Waals surface area contributed by atoms with Crippen LogP contribution in [0.15, 0.2) is 12.3 Å². The Morgan fingerprint density at radius 3 is 2.69 bits per heavy atom. The molecule has 0 fully saturated rings. The van der Waals surface area contributed by atoms with Gasteiger partial charge in [-0.15, -0.1) is 0 Å². The van der Waals surface area contributed by atoms with Crippen LogP contribution in [0.5, 0.6) is 0 Å². The normalized spacial score (nSPS) is 9.92. The quantitative estimate of drug-likeness (QED) is 0.552. The van der Waals surface area contributed by atoms with Crippen LogP contribution in [0.4, 0.5) is 4.79 Å². The van der Waals surface area contributed by atoms with Crippen molar-refractivity contribution < 1.29 is 14.7 Å². The van der Waals surface area contributed by atoms with Crippen LogP contribution >= 0.6 is 0 Å². The Hall–Kier alpha value is -1.52. The fourth-order valence-corrected chi connectivity index (χ4v) is 0.652. The molecule has 0 rings (SSSR count). The van der Waals surface area contributed by atoms with E-state index in [9.17, 15) is 9.59 Å². The number of carboxylic acid groups (broad SMARTS) is 1. The predicted molar refractivity (Wildman–Crippen MR) is 48.2 cm³/mol. The molecule has 0 aromatic heterocycles. The van der Waals surface area contributed by atoms with E-state index in [0.29, 0.717) is 13.0 Å². The van der Waals surface area contributed by atoms with Crippen molar-refractivity contribution in [3.8, 4) is 0 Å². The van der Waals surface area contributed by atoms with E-state index in [1.165, 1.54) is 6.20 Å². The summed E-state index contributed by atoms with van der Waals surface area (Å²) in [6, 6.07) is -0.316. The summed E-state index contributed by atoms with van der Waals surface area (Å²) in [4.78, 5) is 20.9. The van der Waals surface area contributed by atoms with Gasteiger partial charge in [-0.25, -0.2) is 4.79 Å². The predicted octanol–water partition coefficient (Wildman–Crippen LogP) is 0.684. The van der Waals surface area contributed by atoms with Crippen LogP contribution in [0.1, 0.15) is 19.8 Å². The Labute approximate surface area is 76.8 Å². The van der Waals surface area contributed by atoms with Crippen LogP contribution in [0.3, 0.4) is 0 Å². The van der Waals surface area contributed by atoms with Gasteiger partial charge < -0.3 is 15.7 Å². The van der Waals surface area contributed by atoms with E-state index in [2.05, 4.69) is 10.6 Å². The van der Waals surface area contributed by atoms with Crippen molar-refractivity contribution in [3.63, 3.8) is 0 Å². The standard InChI is InChI=1S/C8H14N2O3/c1-2-5-9-8(13)10-6-3-4-7(11)12/h2,5H,3-4,6H2,1H3,(H,11,12)(H2,9,10,13)/b5-2+. The Bertz CT molecular complexity index is 202. The molecule has 3 N–H and O–H groups in total. The van der Waals surface area contributed by atoms with Crippen molar-refractivity contribution in [1.82, 2.24) is 10.6 Å². The number of rotatable bonds is 5. The van der Waals surface area contributed by atoms with Gasteiger partial charge in [-0.3, -0.25) is 4.79 Å². The maximum absolute atomic E-state index is 10.8. The number of carboxylic acids is 1. The van der Waals surface area contributed by atoms with Gasteiger partial charge in [-0.05, 0) is 13.3 Å². The lowest BCUT2D eigenvalue weighted by Gasteiger charge is -2.02. The Morgan fingerprint density at radius 1 is 1.46 bits per heavy atom. The molecule has 0 aliphatic heterocycles. The first kappa shape index (κ1) is 11.5. The fraction of sp³-hybridized carbons (Fsp3) is 0.500. The molecule has 0 heterocycles. The van der Waals surface area contributed by atoms with E-state index in [4.69, 9.17) is 5.11 Å². The summed E-state index contributed by atoms with van der Waals surface area (Å²) in [5, 5.41) is 13.2. The summed E-state index contributed by atoms with van der Waals surface area (Å²) in [5.41, 5.74) is 0. The molecule has 0 saturated carbocycles. The van der Waals surface area contributed by atoms with Crippen LogP contribution in [-0.4, -0.2) is 23.7 Å². The van der Waals surface area contributed by atoms with Gasteiger partial charge in [-0.2, -0.15) is 0 Å². The molecule has 74 valence electrons. The van der Waals surface area contributed by atoms with Crippen LogP contribution < -0.4 is 10.6 Å². The van der Waals surface area contributed by atoms with Crippen LogP contribution in [0, 0.1) is 0 Å². The SMILES string of the molecule is C/C=C/NC(=O)NCCCC(=O)O. The molecule has 0 spiro atoms. The second kappa shape index (κ2) is 7.15. The largest absolute Gasteiger partial charge is 0.481 e. The zero-order chi connectivity index (χ0) is 10.1. The highest BCUT2D eigenvalue weighted by atomic mass is 16.4. The average Bonchev–Trinajstić information content (AvgIpc) is 2.08. The van der Waals surface area contributed by atoms with E-state index < -0.39 is 5.97 Å². The van der Waals surface area contributed by atoms with Gasteiger partial charge in [-0.1, -0.05) is 6.08 Å². The molecule has 0 radical (unpaired) electrons. The topological polar surface area (TPSA) is 78.4 Å². The van der Waals surface area contributed by atoms with Crippen LogP contribution in [-0.2, 0) is 4.79 Å². The molecular weight excluding hydrogens is 172 g/mol. The van der Waals surface area contributed by atoms with Gasteiger partial charge in [0.15, 0.2) is 0 Å². The smallest absolute Gasteiger partial charge is 0.318 e. The first-order chi connectivity index (χ1) is 6.16. The third kappa shape index (κ3) is 8.39. The second-order valence-corrected chi connectivity index (χ2v) is 2.40. The zero-order valence-electron chi connectivity index (χ0n) is 7.54. The fourth-order valence-electron chi connectivity index (χ4n) is 0.652. The van der Waals surface area contributed by atoms with Crippen LogP contribution in [0.25, 0.3) is 0 Å². The molecule has 13 heavy (non-hydrogen) atoms. The van der Waals surface area contributed by atoms with Crippen molar-refractivity contribution >= 4 is 12.0 Å². The molecule has 0 aromatic rings.